The number of nitrogens with zero attached hydrogens (tertiary/aromatic N) is 4. The molecule has 0 radical (unpaired) electrons. The van der Waals surface area contributed by atoms with Crippen molar-refractivity contribution in [1.82, 2.24) is 4.57 Å². The summed E-state index contributed by atoms with van der Waals surface area (Å²) < 4.78 is 8.74. The van der Waals surface area contributed by atoms with Gasteiger partial charge in [0, 0.05) is 38.6 Å². The molecular formula is C43H27N4O-. The highest BCUT2D eigenvalue weighted by Gasteiger charge is 2.20. The van der Waals surface area contributed by atoms with E-state index in [0.29, 0.717) is 11.7 Å². The predicted molar refractivity (Wildman–Crippen MR) is 198 cm³/mol. The molecule has 0 fully saturated rings. The summed E-state index contributed by atoms with van der Waals surface area (Å²) in [6, 6.07) is 54.7. The van der Waals surface area contributed by atoms with Crippen LogP contribution in [0.4, 0.5) is 0 Å². The minimum Gasteiger partial charge on any atom is -0.456 e. The van der Waals surface area contributed by atoms with E-state index < -0.39 is 6.17 Å². The maximum absolute atomic E-state index is 6.37. The largest absolute Gasteiger partial charge is 0.456 e. The van der Waals surface area contributed by atoms with Crippen molar-refractivity contribution < 1.29 is 4.42 Å². The molecular weight excluding hydrogens is 589 g/mol. The van der Waals surface area contributed by atoms with Crippen molar-refractivity contribution in [2.75, 3.05) is 0 Å². The molecule has 3 heterocycles. The first kappa shape index (κ1) is 26.7. The van der Waals surface area contributed by atoms with Crippen LogP contribution in [0.2, 0.25) is 0 Å². The van der Waals surface area contributed by atoms with E-state index in [1.165, 1.54) is 10.8 Å². The molecule has 7 aromatic carbocycles. The molecule has 2 aromatic heterocycles. The van der Waals surface area contributed by atoms with Crippen LogP contribution in [0, 0.1) is 0 Å². The fourth-order valence-corrected chi connectivity index (χ4v) is 7.17. The van der Waals surface area contributed by atoms with Crippen molar-refractivity contribution in [1.29, 1.82) is 0 Å². The van der Waals surface area contributed by atoms with Gasteiger partial charge in [0.25, 0.3) is 0 Å². The second-order valence-corrected chi connectivity index (χ2v) is 12.2. The third-order valence-electron chi connectivity index (χ3n) is 9.38. The maximum atomic E-state index is 6.37. The zero-order chi connectivity index (χ0) is 31.6. The molecule has 1 atom stereocenters. The average Bonchev–Trinajstić information content (AvgIpc) is 3.68. The fourth-order valence-electron chi connectivity index (χ4n) is 7.17. The van der Waals surface area contributed by atoms with E-state index in [-0.39, 0.29) is 0 Å². The highest BCUT2D eigenvalue weighted by atomic mass is 16.3. The summed E-state index contributed by atoms with van der Waals surface area (Å²) in [6.45, 7) is 0. The van der Waals surface area contributed by atoms with E-state index >= 15 is 0 Å². The second-order valence-electron chi connectivity index (χ2n) is 12.2. The molecule has 1 aliphatic rings. The average molecular weight is 616 g/mol. The third-order valence-corrected chi connectivity index (χ3v) is 9.38. The van der Waals surface area contributed by atoms with E-state index in [9.17, 15) is 0 Å². The second kappa shape index (κ2) is 10.5. The topological polar surface area (TPSA) is 56.9 Å². The predicted octanol–water partition coefficient (Wildman–Crippen LogP) is 11.1. The first-order valence-corrected chi connectivity index (χ1v) is 16.1. The van der Waals surface area contributed by atoms with Gasteiger partial charge in [0.2, 0.25) is 0 Å². The van der Waals surface area contributed by atoms with Crippen molar-refractivity contribution in [3.05, 3.63) is 180 Å². The summed E-state index contributed by atoms with van der Waals surface area (Å²) in [5.41, 5.74) is 8.07. The number of aliphatic imine (C=N–C) groups is 2. The summed E-state index contributed by atoms with van der Waals surface area (Å²) >= 11 is 0. The van der Waals surface area contributed by atoms with Gasteiger partial charge in [-0.2, -0.15) is 0 Å². The molecule has 0 N–H and O–H groups in total. The Labute approximate surface area is 276 Å². The van der Waals surface area contributed by atoms with Crippen LogP contribution >= 0.6 is 0 Å². The molecule has 1 unspecified atom stereocenters. The normalized spacial score (nSPS) is 14.9. The number of para-hydroxylation sites is 2. The Morgan fingerprint density at radius 2 is 1.21 bits per heavy atom. The van der Waals surface area contributed by atoms with E-state index in [1.54, 1.807) is 0 Å². The van der Waals surface area contributed by atoms with Crippen LogP contribution in [0.5, 0.6) is 0 Å². The van der Waals surface area contributed by atoms with Crippen molar-refractivity contribution in [2.24, 2.45) is 9.98 Å². The van der Waals surface area contributed by atoms with Gasteiger partial charge in [0.05, 0.1) is 28.7 Å². The molecule has 226 valence electrons. The number of furan rings is 1. The van der Waals surface area contributed by atoms with Gasteiger partial charge in [-0.1, -0.05) is 133 Å². The Morgan fingerprint density at radius 3 is 2.04 bits per heavy atom. The number of rotatable bonds is 4. The lowest BCUT2D eigenvalue weighted by Gasteiger charge is -2.32. The first-order valence-electron chi connectivity index (χ1n) is 16.1. The van der Waals surface area contributed by atoms with Gasteiger partial charge in [0.1, 0.15) is 11.2 Å². The highest BCUT2D eigenvalue weighted by molar-refractivity contribution is 6.23. The zero-order valence-electron chi connectivity index (χ0n) is 25.8. The summed E-state index contributed by atoms with van der Waals surface area (Å²) in [5, 5.41) is 11.8. The van der Waals surface area contributed by atoms with Crippen LogP contribution in [0.3, 0.4) is 0 Å². The minimum atomic E-state index is -0.393. The summed E-state index contributed by atoms with van der Waals surface area (Å²) in [6.07, 6.45) is -0.393. The monoisotopic (exact) mass is 615 g/mol. The molecule has 48 heavy (non-hydrogen) atoms. The molecule has 9 aromatic rings. The van der Waals surface area contributed by atoms with E-state index in [1.807, 2.05) is 48.5 Å². The molecule has 0 spiro atoms. The van der Waals surface area contributed by atoms with Gasteiger partial charge in [0.15, 0.2) is 0 Å². The molecule has 1 aliphatic heterocycles. The molecule has 0 amide bonds. The SMILES string of the molecule is c1ccc(C2=NC(c3ccc(-n4c5ccccc5c5cc6c(cc54)oc4ccccc46)c4ccccc34)=NC(c3ccccc3)[N-]2)cc1. The number of aromatic nitrogens is 1. The van der Waals surface area contributed by atoms with Crippen molar-refractivity contribution in [2.45, 2.75) is 6.17 Å². The summed E-state index contributed by atoms with van der Waals surface area (Å²) in [4.78, 5) is 10.2. The van der Waals surface area contributed by atoms with E-state index in [4.69, 9.17) is 19.7 Å². The zero-order valence-corrected chi connectivity index (χ0v) is 25.8. The van der Waals surface area contributed by atoms with E-state index in [0.717, 1.165) is 66.1 Å². The van der Waals surface area contributed by atoms with Crippen LogP contribution in [0.15, 0.2) is 172 Å². The van der Waals surface area contributed by atoms with Crippen LogP contribution in [0.1, 0.15) is 22.9 Å². The molecule has 5 heteroatoms. The van der Waals surface area contributed by atoms with E-state index in [2.05, 4.69) is 114 Å². The van der Waals surface area contributed by atoms with Gasteiger partial charge >= 0.3 is 0 Å². The van der Waals surface area contributed by atoms with Gasteiger partial charge in [-0.3, -0.25) is 4.99 Å². The van der Waals surface area contributed by atoms with Crippen LogP contribution < -0.4 is 0 Å². The van der Waals surface area contributed by atoms with Crippen molar-refractivity contribution >= 4 is 66.2 Å². The summed E-state index contributed by atoms with van der Waals surface area (Å²) in [7, 11) is 0. The lowest BCUT2D eigenvalue weighted by molar-refractivity contribution is 0.669. The molecule has 10 rings (SSSR count). The molecule has 0 saturated heterocycles. The Kier molecular flexibility index (Phi) is 5.87. The standard InChI is InChI=1S/C43H27N4O/c1-3-13-27(14-4-1)41-44-42(28-15-5-2-6-16-28)46-43(45-41)33-23-24-37(30-18-8-7-17-29(30)33)47-36-21-11-9-19-31(36)34-25-35-32-20-10-12-22-39(32)48-40(35)26-38(34)47/h1-26,41H/q-1. The minimum absolute atomic E-state index is 0.393. The molecule has 0 bridgehead atoms. The van der Waals surface area contributed by atoms with Gasteiger partial charge in [-0.15, -0.1) is 0 Å². The Hall–Kier alpha value is -6.46. The number of hydrogen-bond donors (Lipinski definition) is 0. The lowest BCUT2D eigenvalue weighted by Crippen LogP contribution is -2.16. The quantitative estimate of drug-likeness (QED) is 0.194. The third kappa shape index (κ3) is 4.11. The van der Waals surface area contributed by atoms with Crippen LogP contribution in [-0.2, 0) is 0 Å². The number of benzene rings is 7. The van der Waals surface area contributed by atoms with Crippen LogP contribution in [-0.4, -0.2) is 16.2 Å². The van der Waals surface area contributed by atoms with Gasteiger partial charge in [-0.25, -0.2) is 0 Å². The highest BCUT2D eigenvalue weighted by Crippen LogP contribution is 2.40. The molecule has 5 nitrogen and oxygen atoms in total. The molecule has 0 saturated carbocycles. The fraction of sp³-hybridized carbons (Fsp3) is 0.0233. The number of amidine groups is 2. The maximum Gasteiger partial charge on any atom is 0.137 e. The number of fused-ring (bicyclic) bond motifs is 7. The first-order chi connectivity index (χ1) is 23.8. The molecule has 0 aliphatic carbocycles. The van der Waals surface area contributed by atoms with Gasteiger partial charge < -0.3 is 19.3 Å². The van der Waals surface area contributed by atoms with Crippen LogP contribution in [0.25, 0.3) is 65.5 Å². The van der Waals surface area contributed by atoms with Crippen molar-refractivity contribution in [3.8, 4) is 5.69 Å². The Morgan fingerprint density at radius 1 is 0.521 bits per heavy atom. The van der Waals surface area contributed by atoms with Gasteiger partial charge in [-0.05, 0) is 40.8 Å². The Bertz CT molecular complexity index is 2750. The number of hydrogen-bond acceptors (Lipinski definition) is 3. The summed E-state index contributed by atoms with van der Waals surface area (Å²) in [5.74, 6) is 1.35. The Balaban J connectivity index is 1.21. The van der Waals surface area contributed by atoms with Crippen molar-refractivity contribution in [3.63, 3.8) is 0 Å². The smallest absolute Gasteiger partial charge is 0.137 e. The lowest BCUT2D eigenvalue weighted by atomic mass is 10.0.